The molecular formula is C21H20N6O. The molecule has 0 saturated carbocycles. The Balaban J connectivity index is 1.58. The van der Waals surface area contributed by atoms with Crippen LogP contribution in [0.4, 0.5) is 5.82 Å². The number of nitrogen functional groups attached to an aromatic ring is 2. The molecule has 0 fully saturated rings. The maximum atomic E-state index is 12.8. The number of rotatable bonds is 4. The van der Waals surface area contributed by atoms with Crippen LogP contribution in [0.2, 0.25) is 0 Å². The number of benzene rings is 2. The quantitative estimate of drug-likeness (QED) is 0.413. The third-order valence-corrected chi connectivity index (χ3v) is 4.91. The van der Waals surface area contributed by atoms with E-state index in [9.17, 15) is 4.79 Å². The number of amidine groups is 1. The van der Waals surface area contributed by atoms with E-state index in [-0.39, 0.29) is 29.3 Å². The second-order valence-corrected chi connectivity index (χ2v) is 6.75. The molecule has 4 rings (SSSR count). The van der Waals surface area contributed by atoms with Crippen LogP contribution >= 0.6 is 0 Å². The van der Waals surface area contributed by atoms with E-state index >= 15 is 0 Å². The third kappa shape index (κ3) is 3.29. The van der Waals surface area contributed by atoms with E-state index in [0.29, 0.717) is 16.8 Å². The van der Waals surface area contributed by atoms with Gasteiger partial charge < -0.3 is 16.8 Å². The molecule has 3 aromatic rings. The van der Waals surface area contributed by atoms with Crippen LogP contribution in [0.3, 0.4) is 0 Å². The van der Waals surface area contributed by atoms with E-state index in [4.69, 9.17) is 16.9 Å². The van der Waals surface area contributed by atoms with Crippen molar-refractivity contribution in [2.24, 2.45) is 5.73 Å². The molecule has 7 nitrogen and oxygen atoms in total. The van der Waals surface area contributed by atoms with Gasteiger partial charge in [-0.15, -0.1) is 0 Å². The standard InChI is InChI=1S/C21H20N6O/c22-19(23)18-20(24)25-11-17(26-18)13-5-3-6-14(10-13)21(28)27-16-9-8-12-4-1-2-7-15(12)16/h1-7,10-11,16H,8-9H2,(H3,22,23)(H2,24,25)(H,27,28). The molecule has 2 aromatic carbocycles. The highest BCUT2D eigenvalue weighted by molar-refractivity contribution is 5.98. The van der Waals surface area contributed by atoms with Crippen molar-refractivity contribution in [3.63, 3.8) is 0 Å². The van der Waals surface area contributed by atoms with Gasteiger partial charge in [-0.2, -0.15) is 0 Å². The topological polar surface area (TPSA) is 131 Å². The summed E-state index contributed by atoms with van der Waals surface area (Å²) < 4.78 is 0. The zero-order valence-corrected chi connectivity index (χ0v) is 15.1. The van der Waals surface area contributed by atoms with Crippen LogP contribution < -0.4 is 16.8 Å². The first-order chi connectivity index (χ1) is 13.5. The summed E-state index contributed by atoms with van der Waals surface area (Å²) in [6.45, 7) is 0. The van der Waals surface area contributed by atoms with Crippen molar-refractivity contribution in [3.05, 3.63) is 77.1 Å². The van der Waals surface area contributed by atoms with Crippen LogP contribution in [0, 0.1) is 5.41 Å². The van der Waals surface area contributed by atoms with E-state index in [1.807, 2.05) is 18.2 Å². The number of amides is 1. The Morgan fingerprint density at radius 3 is 2.82 bits per heavy atom. The first-order valence-electron chi connectivity index (χ1n) is 8.99. The molecule has 140 valence electrons. The Hall–Kier alpha value is -3.74. The molecule has 1 aromatic heterocycles. The molecule has 0 radical (unpaired) electrons. The summed E-state index contributed by atoms with van der Waals surface area (Å²) in [4.78, 5) is 21.2. The van der Waals surface area contributed by atoms with Gasteiger partial charge >= 0.3 is 0 Å². The van der Waals surface area contributed by atoms with Crippen LogP contribution in [0.5, 0.6) is 0 Å². The second-order valence-electron chi connectivity index (χ2n) is 6.75. The van der Waals surface area contributed by atoms with Gasteiger partial charge in [-0.25, -0.2) is 9.97 Å². The monoisotopic (exact) mass is 372 g/mol. The fraction of sp³-hybridized carbons (Fsp3) is 0.143. The van der Waals surface area contributed by atoms with Gasteiger partial charge in [0.15, 0.2) is 5.82 Å². The molecule has 6 N–H and O–H groups in total. The lowest BCUT2D eigenvalue weighted by Gasteiger charge is -2.14. The number of nitrogens with one attached hydrogen (secondary N) is 2. The molecule has 1 aliphatic carbocycles. The lowest BCUT2D eigenvalue weighted by molar-refractivity contribution is 0.0937. The molecule has 0 spiro atoms. The molecule has 7 heteroatoms. The number of anilines is 1. The Bertz CT molecular complexity index is 1080. The minimum atomic E-state index is -0.249. The Kier molecular flexibility index (Phi) is 4.49. The normalized spacial score (nSPS) is 15.1. The maximum absolute atomic E-state index is 12.8. The van der Waals surface area contributed by atoms with Gasteiger partial charge in [-0.1, -0.05) is 36.4 Å². The highest BCUT2D eigenvalue weighted by Gasteiger charge is 2.24. The summed E-state index contributed by atoms with van der Waals surface area (Å²) in [6.07, 6.45) is 3.37. The maximum Gasteiger partial charge on any atom is 0.251 e. The molecule has 1 amide bonds. The lowest BCUT2D eigenvalue weighted by atomic mass is 10.1. The molecule has 1 atom stereocenters. The van der Waals surface area contributed by atoms with E-state index in [0.717, 1.165) is 12.8 Å². The number of aromatic nitrogens is 2. The lowest BCUT2D eigenvalue weighted by Crippen LogP contribution is -2.27. The summed E-state index contributed by atoms with van der Waals surface area (Å²) in [5.74, 6) is -0.288. The number of hydrogen-bond acceptors (Lipinski definition) is 5. The molecule has 0 saturated heterocycles. The van der Waals surface area contributed by atoms with E-state index in [1.165, 1.54) is 17.3 Å². The molecule has 1 unspecified atom stereocenters. The van der Waals surface area contributed by atoms with Crippen molar-refractivity contribution in [1.29, 1.82) is 5.41 Å². The summed E-state index contributed by atoms with van der Waals surface area (Å²) >= 11 is 0. The van der Waals surface area contributed by atoms with Crippen molar-refractivity contribution in [1.82, 2.24) is 15.3 Å². The Morgan fingerprint density at radius 2 is 2.00 bits per heavy atom. The predicted octanol–water partition coefficient (Wildman–Crippen LogP) is 2.43. The largest absolute Gasteiger partial charge is 0.382 e. The SMILES string of the molecule is N=C(N)c1nc(-c2cccc(C(=O)NC3CCc4ccccc43)c2)cnc1N. The van der Waals surface area contributed by atoms with E-state index < -0.39 is 0 Å². The minimum absolute atomic E-state index is 0.0213. The van der Waals surface area contributed by atoms with Gasteiger partial charge in [0.05, 0.1) is 17.9 Å². The van der Waals surface area contributed by atoms with Crippen LogP contribution in [0.15, 0.2) is 54.7 Å². The molecule has 0 aliphatic heterocycles. The van der Waals surface area contributed by atoms with Crippen molar-refractivity contribution < 1.29 is 4.79 Å². The summed E-state index contributed by atoms with van der Waals surface area (Å²) in [6, 6.07) is 15.3. The number of carbonyl (C=O) groups is 1. The van der Waals surface area contributed by atoms with Crippen LogP contribution in [-0.2, 0) is 6.42 Å². The van der Waals surface area contributed by atoms with E-state index in [1.54, 1.807) is 18.2 Å². The van der Waals surface area contributed by atoms with Crippen molar-refractivity contribution >= 4 is 17.6 Å². The van der Waals surface area contributed by atoms with Gasteiger partial charge in [-0.05, 0) is 36.1 Å². The van der Waals surface area contributed by atoms with Gasteiger partial charge in [0.2, 0.25) is 0 Å². The van der Waals surface area contributed by atoms with Gasteiger partial charge in [0, 0.05) is 11.1 Å². The zero-order valence-electron chi connectivity index (χ0n) is 15.1. The summed E-state index contributed by atoms with van der Waals surface area (Å²) in [5.41, 5.74) is 15.6. The van der Waals surface area contributed by atoms with Crippen molar-refractivity contribution in [2.45, 2.75) is 18.9 Å². The average Bonchev–Trinajstić information content (AvgIpc) is 3.11. The first kappa shape index (κ1) is 17.7. The zero-order chi connectivity index (χ0) is 19.7. The third-order valence-electron chi connectivity index (χ3n) is 4.91. The van der Waals surface area contributed by atoms with Gasteiger partial charge in [-0.3, -0.25) is 10.2 Å². The predicted molar refractivity (Wildman–Crippen MR) is 108 cm³/mol. The average molecular weight is 372 g/mol. The first-order valence-corrected chi connectivity index (χ1v) is 8.99. The van der Waals surface area contributed by atoms with Crippen molar-refractivity contribution in [3.8, 4) is 11.3 Å². The fourth-order valence-corrected chi connectivity index (χ4v) is 3.50. The molecule has 1 heterocycles. The molecule has 0 bridgehead atoms. The van der Waals surface area contributed by atoms with Gasteiger partial charge in [0.25, 0.3) is 5.91 Å². The Labute approximate surface area is 162 Å². The smallest absolute Gasteiger partial charge is 0.251 e. The highest BCUT2D eigenvalue weighted by atomic mass is 16.1. The molecular weight excluding hydrogens is 352 g/mol. The number of aryl methyl sites for hydroxylation is 1. The number of hydrogen-bond donors (Lipinski definition) is 4. The van der Waals surface area contributed by atoms with Gasteiger partial charge in [0.1, 0.15) is 11.5 Å². The number of nitrogens with two attached hydrogens (primary N) is 2. The summed E-state index contributed by atoms with van der Waals surface area (Å²) in [7, 11) is 0. The highest BCUT2D eigenvalue weighted by Crippen LogP contribution is 2.31. The number of nitrogens with zero attached hydrogens (tertiary/aromatic N) is 2. The second kappa shape index (κ2) is 7.11. The van der Waals surface area contributed by atoms with Crippen molar-refractivity contribution in [2.75, 3.05) is 5.73 Å². The molecule has 28 heavy (non-hydrogen) atoms. The molecule has 1 aliphatic rings. The van der Waals surface area contributed by atoms with E-state index in [2.05, 4.69) is 27.4 Å². The van der Waals surface area contributed by atoms with Crippen LogP contribution in [-0.4, -0.2) is 21.7 Å². The van der Waals surface area contributed by atoms with Crippen LogP contribution in [0.25, 0.3) is 11.3 Å². The van der Waals surface area contributed by atoms with Crippen LogP contribution in [0.1, 0.15) is 39.6 Å². The number of fused-ring (bicyclic) bond motifs is 1. The fourth-order valence-electron chi connectivity index (χ4n) is 3.50. The number of carbonyl (C=O) groups excluding carboxylic acids is 1. The summed E-state index contributed by atoms with van der Waals surface area (Å²) in [5, 5.41) is 10.7. The minimum Gasteiger partial charge on any atom is -0.382 e. The Morgan fingerprint density at radius 1 is 1.18 bits per heavy atom.